The first-order valence-electron chi connectivity index (χ1n) is 7.08. The fourth-order valence-corrected chi connectivity index (χ4v) is 2.73. The van der Waals surface area contributed by atoms with Crippen molar-refractivity contribution in [3.8, 4) is 0 Å². The Morgan fingerprint density at radius 2 is 2.00 bits per heavy atom. The minimum Gasteiger partial charge on any atom is -0.374 e. The molecular weight excluding hydrogens is 300 g/mol. The van der Waals surface area contributed by atoms with Crippen LogP contribution in [0.25, 0.3) is 0 Å². The molecule has 0 aromatic heterocycles. The number of anilines is 1. The topological polar surface area (TPSA) is 15.3 Å². The van der Waals surface area contributed by atoms with Crippen LogP contribution >= 0.6 is 15.9 Å². The summed E-state index contributed by atoms with van der Waals surface area (Å²) in [5, 5.41) is 3.61. The van der Waals surface area contributed by atoms with Crippen molar-refractivity contribution < 1.29 is 0 Å². The van der Waals surface area contributed by atoms with Gasteiger partial charge in [0.15, 0.2) is 0 Å². The lowest BCUT2D eigenvalue weighted by Gasteiger charge is -2.30. The summed E-state index contributed by atoms with van der Waals surface area (Å²) in [5.74, 6) is 0. The Kier molecular flexibility index (Phi) is 4.57. The standard InChI is InChI=1S/C16H25BrN2/c1-16(2,3)11-19(4)15-9-13(17)6-5-12(15)10-18-14-7-8-14/h5-6,9,14,18H,7-8,10-11H2,1-4H3. The van der Waals surface area contributed by atoms with Crippen molar-refractivity contribution in [2.24, 2.45) is 5.41 Å². The van der Waals surface area contributed by atoms with Crippen molar-refractivity contribution in [2.75, 3.05) is 18.5 Å². The molecule has 1 fully saturated rings. The number of benzene rings is 1. The largest absolute Gasteiger partial charge is 0.374 e. The zero-order valence-electron chi connectivity index (χ0n) is 12.5. The van der Waals surface area contributed by atoms with E-state index >= 15 is 0 Å². The number of nitrogens with one attached hydrogen (secondary N) is 1. The van der Waals surface area contributed by atoms with E-state index in [4.69, 9.17) is 0 Å². The highest BCUT2D eigenvalue weighted by molar-refractivity contribution is 9.10. The Morgan fingerprint density at radius 3 is 2.58 bits per heavy atom. The molecule has 1 aliphatic rings. The lowest BCUT2D eigenvalue weighted by Crippen LogP contribution is -2.30. The summed E-state index contributed by atoms with van der Waals surface area (Å²) in [6.07, 6.45) is 2.67. The van der Waals surface area contributed by atoms with Gasteiger partial charge in [0.2, 0.25) is 0 Å². The van der Waals surface area contributed by atoms with Crippen LogP contribution in [-0.4, -0.2) is 19.6 Å². The second-order valence-electron chi connectivity index (χ2n) is 6.84. The van der Waals surface area contributed by atoms with Gasteiger partial charge < -0.3 is 10.2 Å². The van der Waals surface area contributed by atoms with Gasteiger partial charge in [0, 0.05) is 36.3 Å². The van der Waals surface area contributed by atoms with E-state index in [1.165, 1.54) is 24.1 Å². The Morgan fingerprint density at radius 1 is 1.32 bits per heavy atom. The summed E-state index contributed by atoms with van der Waals surface area (Å²) in [6.45, 7) is 8.87. The molecule has 1 saturated carbocycles. The van der Waals surface area contributed by atoms with Crippen molar-refractivity contribution in [1.29, 1.82) is 0 Å². The molecule has 0 bridgehead atoms. The van der Waals surface area contributed by atoms with Gasteiger partial charge in [-0.1, -0.05) is 42.8 Å². The van der Waals surface area contributed by atoms with Crippen LogP contribution in [0.5, 0.6) is 0 Å². The van der Waals surface area contributed by atoms with Gasteiger partial charge in [-0.25, -0.2) is 0 Å². The van der Waals surface area contributed by atoms with Crippen molar-refractivity contribution in [3.63, 3.8) is 0 Å². The molecule has 0 unspecified atom stereocenters. The van der Waals surface area contributed by atoms with Crippen LogP contribution in [0.4, 0.5) is 5.69 Å². The summed E-state index contributed by atoms with van der Waals surface area (Å²) < 4.78 is 1.15. The Bertz CT molecular complexity index is 433. The third-order valence-corrected chi connectivity index (χ3v) is 3.82. The van der Waals surface area contributed by atoms with Gasteiger partial charge in [0.05, 0.1) is 0 Å². The summed E-state index contributed by atoms with van der Waals surface area (Å²) in [7, 11) is 2.19. The molecule has 2 nitrogen and oxygen atoms in total. The molecular formula is C16H25BrN2. The lowest BCUT2D eigenvalue weighted by molar-refractivity contribution is 0.418. The van der Waals surface area contributed by atoms with E-state index in [2.05, 4.69) is 72.2 Å². The van der Waals surface area contributed by atoms with Gasteiger partial charge in [0.25, 0.3) is 0 Å². The second kappa shape index (κ2) is 5.84. The molecule has 3 heteroatoms. The zero-order chi connectivity index (χ0) is 14.0. The fraction of sp³-hybridized carbons (Fsp3) is 0.625. The average molecular weight is 325 g/mol. The first-order valence-corrected chi connectivity index (χ1v) is 7.87. The molecule has 1 aromatic rings. The number of hydrogen-bond donors (Lipinski definition) is 1. The number of rotatable bonds is 5. The van der Waals surface area contributed by atoms with Gasteiger partial charge in [-0.15, -0.1) is 0 Å². The zero-order valence-corrected chi connectivity index (χ0v) is 14.0. The highest BCUT2D eigenvalue weighted by Crippen LogP contribution is 2.28. The molecule has 2 rings (SSSR count). The molecule has 0 radical (unpaired) electrons. The maximum absolute atomic E-state index is 3.61. The quantitative estimate of drug-likeness (QED) is 0.873. The number of nitrogens with zero attached hydrogens (tertiary/aromatic N) is 1. The average Bonchev–Trinajstić information content (AvgIpc) is 3.09. The van der Waals surface area contributed by atoms with E-state index in [1.54, 1.807) is 0 Å². The molecule has 0 amide bonds. The molecule has 0 heterocycles. The van der Waals surface area contributed by atoms with Gasteiger partial charge in [0.1, 0.15) is 0 Å². The first-order chi connectivity index (χ1) is 8.85. The summed E-state index contributed by atoms with van der Waals surface area (Å²) in [4.78, 5) is 2.37. The van der Waals surface area contributed by atoms with Crippen molar-refractivity contribution in [1.82, 2.24) is 5.32 Å². The van der Waals surface area contributed by atoms with Gasteiger partial charge in [-0.3, -0.25) is 0 Å². The number of halogens is 1. The predicted molar refractivity (Wildman–Crippen MR) is 86.7 cm³/mol. The van der Waals surface area contributed by atoms with E-state index in [0.29, 0.717) is 5.41 Å². The van der Waals surface area contributed by atoms with E-state index in [0.717, 1.165) is 23.6 Å². The highest BCUT2D eigenvalue weighted by atomic mass is 79.9. The first kappa shape index (κ1) is 14.9. The molecule has 0 saturated heterocycles. The van der Waals surface area contributed by atoms with Crippen molar-refractivity contribution in [3.05, 3.63) is 28.2 Å². The van der Waals surface area contributed by atoms with Crippen LogP contribution in [0.15, 0.2) is 22.7 Å². The maximum Gasteiger partial charge on any atom is 0.0420 e. The fourth-order valence-electron chi connectivity index (χ4n) is 2.38. The van der Waals surface area contributed by atoms with Crippen LogP contribution in [0.3, 0.4) is 0 Å². The monoisotopic (exact) mass is 324 g/mol. The predicted octanol–water partition coefficient (Wildman–Crippen LogP) is 4.18. The van der Waals surface area contributed by atoms with E-state index in [9.17, 15) is 0 Å². The van der Waals surface area contributed by atoms with E-state index in [-0.39, 0.29) is 0 Å². The normalized spacial score (nSPS) is 15.6. The van der Waals surface area contributed by atoms with Crippen LogP contribution in [-0.2, 0) is 6.54 Å². The molecule has 0 atom stereocenters. The Labute approximate surface area is 125 Å². The van der Waals surface area contributed by atoms with E-state index in [1.807, 2.05) is 0 Å². The minimum atomic E-state index is 0.304. The second-order valence-corrected chi connectivity index (χ2v) is 7.76. The minimum absolute atomic E-state index is 0.304. The van der Waals surface area contributed by atoms with Gasteiger partial charge in [-0.05, 0) is 36.0 Å². The lowest BCUT2D eigenvalue weighted by atomic mass is 9.95. The molecule has 19 heavy (non-hydrogen) atoms. The molecule has 0 spiro atoms. The number of hydrogen-bond acceptors (Lipinski definition) is 2. The molecule has 1 aromatic carbocycles. The molecule has 1 N–H and O–H groups in total. The summed E-state index contributed by atoms with van der Waals surface area (Å²) >= 11 is 3.59. The molecule has 1 aliphatic carbocycles. The third kappa shape index (κ3) is 4.81. The Balaban J connectivity index is 2.12. The van der Waals surface area contributed by atoms with Crippen LogP contribution < -0.4 is 10.2 Å². The van der Waals surface area contributed by atoms with Gasteiger partial charge in [-0.2, -0.15) is 0 Å². The maximum atomic E-state index is 3.61. The van der Waals surface area contributed by atoms with Gasteiger partial charge >= 0.3 is 0 Å². The third-order valence-electron chi connectivity index (χ3n) is 3.33. The summed E-state index contributed by atoms with van der Waals surface area (Å²) in [5.41, 5.74) is 3.03. The highest BCUT2D eigenvalue weighted by Gasteiger charge is 2.21. The van der Waals surface area contributed by atoms with Crippen LogP contribution in [0, 0.1) is 5.41 Å². The Hall–Kier alpha value is -0.540. The SMILES string of the molecule is CN(CC(C)(C)C)c1cc(Br)ccc1CNC1CC1. The molecule has 0 aliphatic heterocycles. The smallest absolute Gasteiger partial charge is 0.0420 e. The van der Waals surface area contributed by atoms with Crippen molar-refractivity contribution >= 4 is 21.6 Å². The molecule has 106 valence electrons. The van der Waals surface area contributed by atoms with Crippen LogP contribution in [0.1, 0.15) is 39.2 Å². The van der Waals surface area contributed by atoms with Crippen LogP contribution in [0.2, 0.25) is 0 Å². The van der Waals surface area contributed by atoms with E-state index < -0.39 is 0 Å². The summed E-state index contributed by atoms with van der Waals surface area (Å²) in [6, 6.07) is 7.35. The van der Waals surface area contributed by atoms with Crippen molar-refractivity contribution in [2.45, 2.75) is 46.2 Å².